The van der Waals surface area contributed by atoms with Crippen molar-refractivity contribution in [3.63, 3.8) is 0 Å². The number of H-pyrrole nitrogens is 1. The van der Waals surface area contributed by atoms with Gasteiger partial charge in [0.2, 0.25) is 0 Å². The predicted octanol–water partition coefficient (Wildman–Crippen LogP) is 5.11. The first kappa shape index (κ1) is 16.4. The lowest BCUT2D eigenvalue weighted by molar-refractivity contribution is 1.24. The average molecular weight is 363 g/mol. The van der Waals surface area contributed by atoms with Crippen LogP contribution in [0.15, 0.2) is 83.9 Å². The van der Waals surface area contributed by atoms with Gasteiger partial charge in [-0.05, 0) is 36.8 Å². The molecule has 5 aromatic rings. The predicted molar refractivity (Wildman–Crippen MR) is 113 cm³/mol. The van der Waals surface area contributed by atoms with E-state index >= 15 is 0 Å². The minimum atomic E-state index is 0.00423. The van der Waals surface area contributed by atoms with E-state index < -0.39 is 0 Å². The number of nitrogens with one attached hydrogen (secondary N) is 1. The molecule has 3 aromatic heterocycles. The molecule has 2 aromatic carbocycles. The molecule has 0 unspecified atom stereocenters. The quantitative estimate of drug-likeness (QED) is 0.474. The van der Waals surface area contributed by atoms with Crippen molar-refractivity contribution in [2.24, 2.45) is 0 Å². The molecule has 0 radical (unpaired) electrons. The minimum absolute atomic E-state index is 0.00423. The summed E-state index contributed by atoms with van der Waals surface area (Å²) in [5.41, 5.74) is 6.01. The number of benzene rings is 2. The zero-order valence-corrected chi connectivity index (χ0v) is 15.3. The Labute approximate surface area is 161 Å². The summed E-state index contributed by atoms with van der Waals surface area (Å²) in [6.07, 6.45) is 3.51. The van der Waals surface area contributed by atoms with E-state index in [1.54, 1.807) is 12.4 Å². The van der Waals surface area contributed by atoms with Gasteiger partial charge >= 0.3 is 0 Å². The first-order chi connectivity index (χ1) is 13.7. The van der Waals surface area contributed by atoms with E-state index in [-0.39, 0.29) is 5.43 Å². The first-order valence-electron chi connectivity index (χ1n) is 9.14. The molecule has 0 atom stereocenters. The molecule has 1 N–H and O–H groups in total. The van der Waals surface area contributed by atoms with Gasteiger partial charge in [0.15, 0.2) is 5.43 Å². The van der Waals surface area contributed by atoms with Crippen LogP contribution in [0.5, 0.6) is 0 Å². The second-order valence-corrected chi connectivity index (χ2v) is 6.86. The van der Waals surface area contributed by atoms with Gasteiger partial charge in [0.1, 0.15) is 5.65 Å². The lowest BCUT2D eigenvalue weighted by Gasteiger charge is -2.12. The summed E-state index contributed by atoms with van der Waals surface area (Å²) < 4.78 is 0. The maximum absolute atomic E-state index is 12.7. The molecule has 5 rings (SSSR count). The summed E-state index contributed by atoms with van der Waals surface area (Å²) in [6, 6.07) is 22.1. The Morgan fingerprint density at radius 3 is 2.61 bits per heavy atom. The molecule has 0 spiro atoms. The van der Waals surface area contributed by atoms with Gasteiger partial charge in [-0.3, -0.25) is 9.78 Å². The lowest BCUT2D eigenvalue weighted by atomic mass is 9.96. The summed E-state index contributed by atoms with van der Waals surface area (Å²) in [7, 11) is 0. The third-order valence-corrected chi connectivity index (χ3v) is 5.01. The zero-order chi connectivity index (χ0) is 19.1. The van der Waals surface area contributed by atoms with E-state index in [0.717, 1.165) is 33.3 Å². The van der Waals surface area contributed by atoms with Crippen molar-refractivity contribution >= 4 is 21.9 Å². The van der Waals surface area contributed by atoms with Crippen LogP contribution >= 0.6 is 0 Å². The molecule has 0 amide bonds. The number of fused-ring (bicyclic) bond motifs is 2. The average Bonchev–Trinajstić information content (AvgIpc) is 2.76. The molecule has 0 aliphatic rings. The summed E-state index contributed by atoms with van der Waals surface area (Å²) in [6.45, 7) is 1.81. The van der Waals surface area contributed by atoms with Crippen molar-refractivity contribution < 1.29 is 0 Å². The van der Waals surface area contributed by atoms with E-state index in [1.165, 1.54) is 0 Å². The topological polar surface area (TPSA) is 58.6 Å². The monoisotopic (exact) mass is 363 g/mol. The van der Waals surface area contributed by atoms with E-state index in [4.69, 9.17) is 4.98 Å². The van der Waals surface area contributed by atoms with E-state index in [9.17, 15) is 4.79 Å². The van der Waals surface area contributed by atoms with Crippen molar-refractivity contribution in [1.82, 2.24) is 15.0 Å². The van der Waals surface area contributed by atoms with Gasteiger partial charge in [-0.15, -0.1) is 0 Å². The van der Waals surface area contributed by atoms with Crippen LogP contribution in [0.1, 0.15) is 5.56 Å². The van der Waals surface area contributed by atoms with E-state index in [0.29, 0.717) is 16.6 Å². The van der Waals surface area contributed by atoms with Crippen LogP contribution in [0.2, 0.25) is 0 Å². The maximum Gasteiger partial charge on any atom is 0.193 e. The molecular formula is C24H17N3O. The standard InChI is InChI=1S/C24H17N3O/c1-15-14-26-24-20(23(15)28)13-19(22(27-24)16-6-3-2-4-7-16)17-9-10-21-18(12-17)8-5-11-25-21/h2-14H,1H3,(H,26,27,28). The molecule has 0 bridgehead atoms. The Bertz CT molecular complexity index is 1390. The smallest absolute Gasteiger partial charge is 0.193 e. The van der Waals surface area contributed by atoms with Gasteiger partial charge in [0.05, 0.1) is 16.6 Å². The fraction of sp³-hybridized carbons (Fsp3) is 0.0417. The van der Waals surface area contributed by atoms with Crippen LogP contribution in [0.25, 0.3) is 44.3 Å². The molecule has 0 aliphatic carbocycles. The van der Waals surface area contributed by atoms with Crippen LogP contribution < -0.4 is 5.43 Å². The number of pyridine rings is 3. The molecule has 134 valence electrons. The molecule has 0 saturated carbocycles. The van der Waals surface area contributed by atoms with Crippen LogP contribution in [-0.4, -0.2) is 15.0 Å². The highest BCUT2D eigenvalue weighted by Gasteiger charge is 2.14. The summed E-state index contributed by atoms with van der Waals surface area (Å²) in [5.74, 6) is 0. The number of nitrogens with zero attached hydrogens (tertiary/aromatic N) is 2. The van der Waals surface area contributed by atoms with E-state index in [1.807, 2.05) is 67.6 Å². The SMILES string of the molecule is Cc1c[nH]c2nc(-c3ccccc3)c(-c3ccc4ncccc4c3)cc2c1=O. The molecule has 0 saturated heterocycles. The number of aromatic nitrogens is 3. The van der Waals surface area contributed by atoms with Crippen molar-refractivity contribution in [2.45, 2.75) is 6.92 Å². The Balaban J connectivity index is 1.86. The number of aromatic amines is 1. The van der Waals surface area contributed by atoms with Crippen molar-refractivity contribution in [1.29, 1.82) is 0 Å². The van der Waals surface area contributed by atoms with Gasteiger partial charge in [0.25, 0.3) is 0 Å². The van der Waals surface area contributed by atoms with Gasteiger partial charge in [0, 0.05) is 34.5 Å². The van der Waals surface area contributed by atoms with Crippen LogP contribution in [0, 0.1) is 6.92 Å². The fourth-order valence-electron chi connectivity index (χ4n) is 3.53. The summed E-state index contributed by atoms with van der Waals surface area (Å²) in [4.78, 5) is 25.1. The minimum Gasteiger partial charge on any atom is -0.346 e. The summed E-state index contributed by atoms with van der Waals surface area (Å²) in [5, 5.41) is 1.65. The van der Waals surface area contributed by atoms with Crippen LogP contribution in [-0.2, 0) is 0 Å². The Morgan fingerprint density at radius 1 is 0.893 bits per heavy atom. The molecule has 28 heavy (non-hydrogen) atoms. The second-order valence-electron chi connectivity index (χ2n) is 6.86. The highest BCUT2D eigenvalue weighted by Crippen LogP contribution is 2.33. The van der Waals surface area contributed by atoms with Crippen LogP contribution in [0.3, 0.4) is 0 Å². The molecule has 4 nitrogen and oxygen atoms in total. The van der Waals surface area contributed by atoms with Gasteiger partial charge in [-0.25, -0.2) is 4.98 Å². The van der Waals surface area contributed by atoms with Crippen LogP contribution in [0.4, 0.5) is 0 Å². The fourth-order valence-corrected chi connectivity index (χ4v) is 3.53. The second kappa shape index (κ2) is 6.43. The van der Waals surface area contributed by atoms with Crippen molar-refractivity contribution in [3.8, 4) is 22.4 Å². The number of hydrogen-bond acceptors (Lipinski definition) is 3. The third-order valence-electron chi connectivity index (χ3n) is 5.01. The summed E-state index contributed by atoms with van der Waals surface area (Å²) >= 11 is 0. The molecule has 4 heteroatoms. The zero-order valence-electron chi connectivity index (χ0n) is 15.3. The Kier molecular flexibility index (Phi) is 3.76. The van der Waals surface area contributed by atoms with Gasteiger partial charge in [-0.2, -0.15) is 0 Å². The highest BCUT2D eigenvalue weighted by atomic mass is 16.1. The van der Waals surface area contributed by atoms with Crippen molar-refractivity contribution in [3.05, 3.63) is 94.9 Å². The molecule has 0 aliphatic heterocycles. The van der Waals surface area contributed by atoms with Crippen molar-refractivity contribution in [2.75, 3.05) is 0 Å². The third kappa shape index (κ3) is 2.67. The lowest BCUT2D eigenvalue weighted by Crippen LogP contribution is -2.08. The largest absolute Gasteiger partial charge is 0.346 e. The Morgan fingerprint density at radius 2 is 1.75 bits per heavy atom. The number of aryl methyl sites for hydroxylation is 1. The first-order valence-corrected chi connectivity index (χ1v) is 9.14. The highest BCUT2D eigenvalue weighted by molar-refractivity contribution is 5.93. The number of hydrogen-bond donors (Lipinski definition) is 1. The number of rotatable bonds is 2. The van der Waals surface area contributed by atoms with Gasteiger partial charge in [-0.1, -0.05) is 42.5 Å². The van der Waals surface area contributed by atoms with E-state index in [2.05, 4.69) is 16.0 Å². The Hall–Kier alpha value is -3.79. The maximum atomic E-state index is 12.7. The normalized spacial score (nSPS) is 11.2. The molecule has 0 fully saturated rings. The molecule has 3 heterocycles. The molecular weight excluding hydrogens is 346 g/mol. The van der Waals surface area contributed by atoms with Gasteiger partial charge < -0.3 is 4.98 Å².